The van der Waals surface area contributed by atoms with Gasteiger partial charge in [-0.05, 0) is 30.4 Å². The zero-order valence-electron chi connectivity index (χ0n) is 9.24. The van der Waals surface area contributed by atoms with E-state index in [4.69, 9.17) is 5.73 Å². The minimum Gasteiger partial charge on any atom is -0.382 e. The molecule has 0 aromatic carbocycles. The molecule has 2 rings (SSSR count). The van der Waals surface area contributed by atoms with E-state index in [0.717, 1.165) is 24.1 Å². The Bertz CT molecular complexity index is 324. The Balaban J connectivity index is 1.90. The lowest BCUT2D eigenvalue weighted by molar-refractivity contribution is 0.440. The number of hydrogen-bond donors (Lipinski definition) is 2. The number of aromatic nitrogens is 1. The van der Waals surface area contributed by atoms with Crippen LogP contribution in [0.3, 0.4) is 0 Å². The summed E-state index contributed by atoms with van der Waals surface area (Å²) < 4.78 is 0. The van der Waals surface area contributed by atoms with Crippen LogP contribution in [0, 0.1) is 11.8 Å². The molecule has 15 heavy (non-hydrogen) atoms. The highest BCUT2D eigenvalue weighted by Crippen LogP contribution is 2.31. The van der Waals surface area contributed by atoms with Gasteiger partial charge in [0.1, 0.15) is 5.82 Å². The van der Waals surface area contributed by atoms with Crippen LogP contribution in [0.15, 0.2) is 18.3 Å². The van der Waals surface area contributed by atoms with E-state index in [-0.39, 0.29) is 0 Å². The maximum Gasteiger partial charge on any atom is 0.146 e. The minimum atomic E-state index is 0.600. The molecule has 3 heteroatoms. The summed E-state index contributed by atoms with van der Waals surface area (Å²) in [5.41, 5.74) is 6.74. The Kier molecular flexibility index (Phi) is 3.09. The van der Waals surface area contributed by atoms with E-state index < -0.39 is 0 Å². The van der Waals surface area contributed by atoms with Gasteiger partial charge >= 0.3 is 0 Å². The monoisotopic (exact) mass is 205 g/mol. The summed E-state index contributed by atoms with van der Waals surface area (Å²) in [6.45, 7) is 3.36. The number of rotatable bonds is 3. The third kappa shape index (κ3) is 2.41. The first-order valence-corrected chi connectivity index (χ1v) is 5.71. The topological polar surface area (TPSA) is 50.9 Å². The Morgan fingerprint density at radius 2 is 2.40 bits per heavy atom. The maximum absolute atomic E-state index is 5.77. The second-order valence-corrected chi connectivity index (χ2v) is 4.49. The summed E-state index contributed by atoms with van der Waals surface area (Å²) in [7, 11) is 0. The molecule has 1 saturated carbocycles. The Labute approximate surface area is 91.1 Å². The summed E-state index contributed by atoms with van der Waals surface area (Å²) in [6.07, 6.45) is 5.80. The van der Waals surface area contributed by atoms with Crippen molar-refractivity contribution in [3.8, 4) is 0 Å². The molecule has 1 aromatic rings. The molecular weight excluding hydrogens is 186 g/mol. The molecule has 1 aliphatic rings. The highest BCUT2D eigenvalue weighted by Gasteiger charge is 2.22. The fourth-order valence-electron chi connectivity index (χ4n) is 2.33. The molecule has 1 aliphatic carbocycles. The maximum atomic E-state index is 5.77. The highest BCUT2D eigenvalue weighted by atomic mass is 14.9. The molecule has 0 radical (unpaired) electrons. The van der Waals surface area contributed by atoms with Gasteiger partial charge in [0.05, 0.1) is 5.69 Å². The first-order chi connectivity index (χ1) is 7.27. The number of nitrogens with one attached hydrogen (secondary N) is 1. The van der Waals surface area contributed by atoms with Crippen LogP contribution in [0.4, 0.5) is 11.5 Å². The van der Waals surface area contributed by atoms with Crippen LogP contribution in [0.5, 0.6) is 0 Å². The predicted octanol–water partition coefficient (Wildman–Crippen LogP) is 2.51. The van der Waals surface area contributed by atoms with Crippen LogP contribution < -0.4 is 11.1 Å². The second-order valence-electron chi connectivity index (χ2n) is 4.49. The van der Waals surface area contributed by atoms with Gasteiger partial charge in [0.25, 0.3) is 0 Å². The van der Waals surface area contributed by atoms with Gasteiger partial charge in [0, 0.05) is 12.7 Å². The number of nitrogen functional groups attached to an aromatic ring is 1. The van der Waals surface area contributed by atoms with Crippen molar-refractivity contribution in [3.63, 3.8) is 0 Å². The molecule has 82 valence electrons. The summed E-state index contributed by atoms with van der Waals surface area (Å²) in [6, 6.07) is 3.90. The third-order valence-electron chi connectivity index (χ3n) is 3.43. The van der Waals surface area contributed by atoms with Crippen LogP contribution >= 0.6 is 0 Å². The molecule has 0 amide bonds. The Morgan fingerprint density at radius 3 is 3.07 bits per heavy atom. The predicted molar refractivity (Wildman–Crippen MR) is 63.6 cm³/mol. The van der Waals surface area contributed by atoms with E-state index in [0.29, 0.717) is 5.82 Å². The van der Waals surface area contributed by atoms with Crippen molar-refractivity contribution in [2.75, 3.05) is 17.6 Å². The summed E-state index contributed by atoms with van der Waals surface area (Å²) >= 11 is 0. The lowest BCUT2D eigenvalue weighted by Gasteiger charge is -2.17. The normalized spacial score (nSPS) is 25.4. The van der Waals surface area contributed by atoms with Crippen LogP contribution in [0.2, 0.25) is 0 Å². The molecule has 0 saturated heterocycles. The van der Waals surface area contributed by atoms with Crippen molar-refractivity contribution in [1.29, 1.82) is 0 Å². The van der Waals surface area contributed by atoms with Crippen molar-refractivity contribution in [3.05, 3.63) is 18.3 Å². The van der Waals surface area contributed by atoms with Gasteiger partial charge in [-0.2, -0.15) is 0 Å². The van der Waals surface area contributed by atoms with Crippen LogP contribution in [0.25, 0.3) is 0 Å². The molecule has 0 aliphatic heterocycles. The number of hydrogen-bond acceptors (Lipinski definition) is 3. The molecule has 2 unspecified atom stereocenters. The smallest absolute Gasteiger partial charge is 0.146 e. The van der Waals surface area contributed by atoms with E-state index in [1.807, 2.05) is 12.1 Å². The lowest BCUT2D eigenvalue weighted by Crippen LogP contribution is -2.17. The molecular formula is C12H19N3. The zero-order valence-corrected chi connectivity index (χ0v) is 9.24. The van der Waals surface area contributed by atoms with Crippen molar-refractivity contribution in [2.45, 2.75) is 26.2 Å². The lowest BCUT2D eigenvalue weighted by atomic mass is 9.98. The van der Waals surface area contributed by atoms with E-state index in [1.54, 1.807) is 6.20 Å². The fraction of sp³-hybridized carbons (Fsp3) is 0.583. The van der Waals surface area contributed by atoms with E-state index in [2.05, 4.69) is 17.2 Å². The van der Waals surface area contributed by atoms with Gasteiger partial charge in [0.2, 0.25) is 0 Å². The molecule has 2 atom stereocenters. The Hall–Kier alpha value is -1.25. The molecule has 3 N–H and O–H groups in total. The largest absolute Gasteiger partial charge is 0.382 e. The van der Waals surface area contributed by atoms with E-state index >= 15 is 0 Å². The van der Waals surface area contributed by atoms with Crippen LogP contribution in [-0.2, 0) is 0 Å². The van der Waals surface area contributed by atoms with Crippen LogP contribution in [0.1, 0.15) is 26.2 Å². The Morgan fingerprint density at radius 1 is 1.53 bits per heavy atom. The second kappa shape index (κ2) is 4.51. The first-order valence-electron chi connectivity index (χ1n) is 5.71. The molecule has 0 bridgehead atoms. The molecule has 1 aromatic heterocycles. The highest BCUT2D eigenvalue weighted by molar-refractivity contribution is 5.60. The number of nitrogens with zero attached hydrogens (tertiary/aromatic N) is 1. The number of anilines is 2. The van der Waals surface area contributed by atoms with Crippen molar-refractivity contribution >= 4 is 11.5 Å². The average Bonchev–Trinajstić information content (AvgIpc) is 2.63. The average molecular weight is 205 g/mol. The van der Waals surface area contributed by atoms with Crippen molar-refractivity contribution in [2.24, 2.45) is 11.8 Å². The van der Waals surface area contributed by atoms with E-state index in [9.17, 15) is 0 Å². The van der Waals surface area contributed by atoms with E-state index in [1.165, 1.54) is 19.3 Å². The minimum absolute atomic E-state index is 0.600. The van der Waals surface area contributed by atoms with Gasteiger partial charge in [-0.3, -0.25) is 0 Å². The number of nitrogens with two attached hydrogens (primary N) is 1. The summed E-state index contributed by atoms with van der Waals surface area (Å²) in [5, 5.41) is 3.40. The van der Waals surface area contributed by atoms with Crippen LogP contribution in [-0.4, -0.2) is 11.5 Å². The molecule has 1 fully saturated rings. The quantitative estimate of drug-likeness (QED) is 0.797. The zero-order chi connectivity index (χ0) is 10.7. The van der Waals surface area contributed by atoms with Gasteiger partial charge in [0.15, 0.2) is 0 Å². The first kappa shape index (κ1) is 10.3. The van der Waals surface area contributed by atoms with Gasteiger partial charge in [-0.15, -0.1) is 0 Å². The van der Waals surface area contributed by atoms with Gasteiger partial charge in [-0.1, -0.05) is 19.8 Å². The fourth-order valence-corrected chi connectivity index (χ4v) is 2.33. The third-order valence-corrected chi connectivity index (χ3v) is 3.43. The van der Waals surface area contributed by atoms with Gasteiger partial charge < -0.3 is 11.1 Å². The van der Waals surface area contributed by atoms with Crippen molar-refractivity contribution < 1.29 is 0 Å². The van der Waals surface area contributed by atoms with Gasteiger partial charge in [-0.25, -0.2) is 4.98 Å². The molecule has 3 nitrogen and oxygen atoms in total. The van der Waals surface area contributed by atoms with Crippen molar-refractivity contribution in [1.82, 2.24) is 4.98 Å². The molecule has 1 heterocycles. The SMILES string of the molecule is CC1CCCC1CNc1cccnc1N. The molecule has 0 spiro atoms. The number of pyridine rings is 1. The summed E-state index contributed by atoms with van der Waals surface area (Å²) in [5.74, 6) is 2.24. The summed E-state index contributed by atoms with van der Waals surface area (Å²) in [4.78, 5) is 4.06. The standard InChI is InChI=1S/C12H19N3/c1-9-4-2-5-10(9)8-15-11-6-3-7-14-12(11)13/h3,6-7,9-10,15H,2,4-5,8H2,1H3,(H2,13,14).